The molecule has 0 heterocycles. The summed E-state index contributed by atoms with van der Waals surface area (Å²) in [4.78, 5) is 12.5. The molecule has 0 N–H and O–H groups in total. The first-order valence-electron chi connectivity index (χ1n) is 11.8. The van der Waals surface area contributed by atoms with E-state index in [4.69, 9.17) is 14.2 Å². The Labute approximate surface area is 202 Å². The molecule has 0 radical (unpaired) electrons. The van der Waals surface area contributed by atoms with Gasteiger partial charge in [-0.05, 0) is 92.6 Å². The Morgan fingerprint density at radius 3 is 1.91 bits per heavy atom. The maximum Gasteiger partial charge on any atom is 0.343 e. The Morgan fingerprint density at radius 1 is 0.765 bits per heavy atom. The molecule has 34 heavy (non-hydrogen) atoms. The highest BCUT2D eigenvalue weighted by Gasteiger charge is 2.09. The third kappa shape index (κ3) is 8.01. The number of hydrogen-bond donors (Lipinski definition) is 0. The zero-order valence-electron chi connectivity index (χ0n) is 20.2. The number of methoxy groups -OCH3 is 1. The van der Waals surface area contributed by atoms with Crippen LogP contribution in [0.1, 0.15) is 67.4 Å². The molecule has 0 spiro atoms. The van der Waals surface area contributed by atoms with Crippen LogP contribution < -0.4 is 14.2 Å². The molecule has 1 atom stereocenters. The van der Waals surface area contributed by atoms with Crippen molar-refractivity contribution in [2.24, 2.45) is 0 Å². The van der Waals surface area contributed by atoms with Crippen LogP contribution in [0, 0.1) is 11.8 Å². The van der Waals surface area contributed by atoms with Gasteiger partial charge in [-0.15, -0.1) is 0 Å². The van der Waals surface area contributed by atoms with E-state index in [1.54, 1.807) is 31.4 Å². The lowest BCUT2D eigenvalue weighted by Gasteiger charge is -2.15. The van der Waals surface area contributed by atoms with Gasteiger partial charge in [-0.1, -0.05) is 38.0 Å². The monoisotopic (exact) mass is 456 g/mol. The highest BCUT2D eigenvalue weighted by Crippen LogP contribution is 2.21. The van der Waals surface area contributed by atoms with E-state index in [-0.39, 0.29) is 6.10 Å². The fourth-order valence-corrected chi connectivity index (χ4v) is 3.41. The van der Waals surface area contributed by atoms with Crippen LogP contribution in [0.25, 0.3) is 0 Å². The topological polar surface area (TPSA) is 44.8 Å². The molecule has 0 aliphatic heterocycles. The van der Waals surface area contributed by atoms with Crippen molar-refractivity contribution in [1.82, 2.24) is 0 Å². The second-order valence-corrected chi connectivity index (χ2v) is 8.19. The molecule has 0 saturated carbocycles. The average molecular weight is 457 g/mol. The Balaban J connectivity index is 1.51. The molecule has 3 aromatic carbocycles. The third-order valence-corrected chi connectivity index (χ3v) is 5.40. The molecule has 0 fully saturated rings. The summed E-state index contributed by atoms with van der Waals surface area (Å²) < 4.78 is 16.6. The molecular formula is C30H32O4. The van der Waals surface area contributed by atoms with E-state index < -0.39 is 5.97 Å². The summed E-state index contributed by atoms with van der Waals surface area (Å²) in [6.45, 7) is 4.30. The van der Waals surface area contributed by atoms with Gasteiger partial charge in [0, 0.05) is 11.1 Å². The largest absolute Gasteiger partial charge is 0.497 e. The van der Waals surface area contributed by atoms with Crippen molar-refractivity contribution >= 4 is 5.97 Å². The van der Waals surface area contributed by atoms with E-state index in [1.807, 2.05) is 48.5 Å². The minimum Gasteiger partial charge on any atom is -0.497 e. The summed E-state index contributed by atoms with van der Waals surface area (Å²) in [6, 6.07) is 21.8. The number of benzene rings is 3. The number of unbranched alkanes of at least 4 members (excludes halogenated alkanes) is 3. The smallest absolute Gasteiger partial charge is 0.343 e. The summed E-state index contributed by atoms with van der Waals surface area (Å²) >= 11 is 0. The van der Waals surface area contributed by atoms with Crippen molar-refractivity contribution < 1.29 is 19.0 Å². The number of carbonyl (C=O) groups is 1. The average Bonchev–Trinajstić information content (AvgIpc) is 2.87. The van der Waals surface area contributed by atoms with Crippen molar-refractivity contribution in [3.05, 3.63) is 89.5 Å². The minimum atomic E-state index is -0.410. The van der Waals surface area contributed by atoms with Crippen LogP contribution in [0.4, 0.5) is 0 Å². The zero-order chi connectivity index (χ0) is 24.2. The number of hydrogen-bond acceptors (Lipinski definition) is 4. The van der Waals surface area contributed by atoms with Gasteiger partial charge < -0.3 is 14.2 Å². The normalized spacial score (nSPS) is 11.1. The maximum absolute atomic E-state index is 12.5. The zero-order valence-corrected chi connectivity index (χ0v) is 20.2. The number of rotatable bonds is 10. The quantitative estimate of drug-likeness (QED) is 0.142. The van der Waals surface area contributed by atoms with Gasteiger partial charge in [0.1, 0.15) is 17.2 Å². The van der Waals surface area contributed by atoms with Crippen molar-refractivity contribution in [3.8, 4) is 29.1 Å². The first-order chi connectivity index (χ1) is 16.6. The molecule has 0 bridgehead atoms. The van der Waals surface area contributed by atoms with Crippen molar-refractivity contribution in [2.45, 2.75) is 52.1 Å². The number of carbonyl (C=O) groups excluding carboxylic acids is 1. The molecule has 176 valence electrons. The van der Waals surface area contributed by atoms with E-state index in [9.17, 15) is 4.79 Å². The van der Waals surface area contributed by atoms with Gasteiger partial charge in [-0.25, -0.2) is 4.79 Å². The van der Waals surface area contributed by atoms with E-state index in [0.29, 0.717) is 11.3 Å². The molecule has 3 aromatic rings. The van der Waals surface area contributed by atoms with Gasteiger partial charge in [0.25, 0.3) is 0 Å². The first-order valence-corrected chi connectivity index (χ1v) is 11.8. The van der Waals surface area contributed by atoms with Gasteiger partial charge in [0.2, 0.25) is 0 Å². The molecule has 0 aliphatic rings. The van der Waals surface area contributed by atoms with Gasteiger partial charge >= 0.3 is 5.97 Å². The molecule has 3 rings (SSSR count). The second-order valence-electron chi connectivity index (χ2n) is 8.19. The molecule has 0 aromatic heterocycles. The summed E-state index contributed by atoms with van der Waals surface area (Å²) in [5.74, 6) is 7.85. The maximum atomic E-state index is 12.5. The second kappa shape index (κ2) is 13.1. The molecule has 4 nitrogen and oxygen atoms in total. The van der Waals surface area contributed by atoms with Crippen LogP contribution in [0.3, 0.4) is 0 Å². The van der Waals surface area contributed by atoms with Crippen molar-refractivity contribution in [1.29, 1.82) is 0 Å². The van der Waals surface area contributed by atoms with Gasteiger partial charge in [-0.3, -0.25) is 0 Å². The molecular weight excluding hydrogens is 424 g/mol. The summed E-state index contributed by atoms with van der Waals surface area (Å²) in [5, 5.41) is 0. The van der Waals surface area contributed by atoms with Crippen LogP contribution in [0.15, 0.2) is 72.8 Å². The van der Waals surface area contributed by atoms with E-state index in [1.165, 1.54) is 25.7 Å². The van der Waals surface area contributed by atoms with Crippen molar-refractivity contribution in [2.75, 3.05) is 7.11 Å². The standard InChI is InChI=1S/C30H32O4/c1-4-5-6-7-8-23(2)33-28-19-21-29(22-20-28)34-30(31)26-15-11-24(12-16-26)9-10-25-13-17-27(32-3)18-14-25/h11-23H,4-8H2,1-3H3/t23-/m0/s1. The summed E-state index contributed by atoms with van der Waals surface area (Å²) in [6.07, 6.45) is 6.13. The SMILES string of the molecule is CCCCCC[C@H](C)Oc1ccc(OC(=O)c2ccc(C#Cc3ccc(OC)cc3)cc2)cc1. The Hall–Kier alpha value is -3.71. The summed E-state index contributed by atoms with van der Waals surface area (Å²) in [7, 11) is 1.63. The lowest BCUT2D eigenvalue weighted by Crippen LogP contribution is -2.11. The molecule has 0 saturated heterocycles. The van der Waals surface area contributed by atoms with Crippen LogP contribution in [-0.4, -0.2) is 19.2 Å². The number of esters is 1. The van der Waals surface area contributed by atoms with Crippen LogP contribution in [0.5, 0.6) is 17.2 Å². The molecule has 0 unspecified atom stereocenters. The Kier molecular flexibility index (Phi) is 9.61. The number of ether oxygens (including phenoxy) is 3. The molecule has 0 amide bonds. The third-order valence-electron chi connectivity index (χ3n) is 5.40. The lowest BCUT2D eigenvalue weighted by atomic mass is 10.1. The highest BCUT2D eigenvalue weighted by atomic mass is 16.5. The van der Waals surface area contributed by atoms with Gasteiger partial charge in [0.15, 0.2) is 0 Å². The van der Waals surface area contributed by atoms with Crippen LogP contribution in [-0.2, 0) is 0 Å². The van der Waals surface area contributed by atoms with Crippen molar-refractivity contribution in [3.63, 3.8) is 0 Å². The minimum absolute atomic E-state index is 0.164. The van der Waals surface area contributed by atoms with Gasteiger partial charge in [-0.2, -0.15) is 0 Å². The Bertz CT molecular complexity index is 1090. The fraction of sp³-hybridized carbons (Fsp3) is 0.300. The van der Waals surface area contributed by atoms with Crippen LogP contribution >= 0.6 is 0 Å². The summed E-state index contributed by atoms with van der Waals surface area (Å²) in [5.41, 5.74) is 2.18. The fourth-order valence-electron chi connectivity index (χ4n) is 3.41. The first kappa shape index (κ1) is 24.9. The molecule has 0 aliphatic carbocycles. The molecule has 4 heteroatoms. The van der Waals surface area contributed by atoms with E-state index >= 15 is 0 Å². The van der Waals surface area contributed by atoms with E-state index in [0.717, 1.165) is 29.0 Å². The predicted molar refractivity (Wildman–Crippen MR) is 136 cm³/mol. The Morgan fingerprint density at radius 2 is 1.32 bits per heavy atom. The van der Waals surface area contributed by atoms with Gasteiger partial charge in [0.05, 0.1) is 18.8 Å². The highest BCUT2D eigenvalue weighted by molar-refractivity contribution is 5.91. The lowest BCUT2D eigenvalue weighted by molar-refractivity contribution is 0.0734. The van der Waals surface area contributed by atoms with E-state index in [2.05, 4.69) is 25.7 Å². The predicted octanol–water partition coefficient (Wildman–Crippen LogP) is 7.05. The van der Waals surface area contributed by atoms with Crippen LogP contribution in [0.2, 0.25) is 0 Å².